The van der Waals surface area contributed by atoms with E-state index in [0.29, 0.717) is 12.3 Å². The third-order valence-electron chi connectivity index (χ3n) is 4.90. The number of aromatic nitrogens is 1. The highest BCUT2D eigenvalue weighted by atomic mass is 16.3. The Morgan fingerprint density at radius 2 is 1.96 bits per heavy atom. The Labute approximate surface area is 164 Å². The maximum Gasteiger partial charge on any atom is 0.260 e. The van der Waals surface area contributed by atoms with Gasteiger partial charge >= 0.3 is 0 Å². The molecule has 0 radical (unpaired) electrons. The van der Waals surface area contributed by atoms with E-state index in [-0.39, 0.29) is 23.8 Å². The second-order valence-electron chi connectivity index (χ2n) is 7.08. The minimum Gasteiger partial charge on any atom is -0.508 e. The summed E-state index contributed by atoms with van der Waals surface area (Å²) in [5.41, 5.74) is 4.58. The number of carbonyl (C=O) groups excluding carboxylic acids is 1. The number of benzene rings is 1. The first kappa shape index (κ1) is 19.8. The van der Waals surface area contributed by atoms with Gasteiger partial charge in [0.2, 0.25) is 0 Å². The predicted molar refractivity (Wildman–Crippen MR) is 108 cm³/mol. The van der Waals surface area contributed by atoms with Gasteiger partial charge in [-0.3, -0.25) is 14.5 Å². The van der Waals surface area contributed by atoms with E-state index >= 15 is 0 Å². The van der Waals surface area contributed by atoms with Crippen LogP contribution in [0.15, 0.2) is 52.5 Å². The number of aromatic hydroxyl groups is 1. The van der Waals surface area contributed by atoms with Crippen LogP contribution in [0, 0.1) is 0 Å². The standard InChI is InChI=1S/C21H26N4O3/c1-16(22-23-20(27)15-25-12-6-3-7-21(25)28)17-8-9-19(26)18(13-17)14-24-10-4-2-5-11-24/h3,6-9,12-13,26H,2,4-5,10-11,14-15H2,1H3,(H,23,27)/b22-16+. The van der Waals surface area contributed by atoms with Gasteiger partial charge in [-0.15, -0.1) is 0 Å². The third kappa shape index (κ3) is 5.29. The number of phenolic OH excluding ortho intramolecular Hbond substituents is 1. The van der Waals surface area contributed by atoms with E-state index < -0.39 is 0 Å². The van der Waals surface area contributed by atoms with Gasteiger partial charge in [0.15, 0.2) is 0 Å². The molecule has 1 amide bonds. The molecule has 1 aliphatic rings. The van der Waals surface area contributed by atoms with Crippen molar-refractivity contribution in [2.75, 3.05) is 13.1 Å². The van der Waals surface area contributed by atoms with Crippen LogP contribution >= 0.6 is 0 Å². The topological polar surface area (TPSA) is 86.9 Å². The zero-order valence-corrected chi connectivity index (χ0v) is 16.1. The fraction of sp³-hybridized carbons (Fsp3) is 0.381. The minimum absolute atomic E-state index is 0.0910. The second kappa shape index (κ2) is 9.32. The van der Waals surface area contributed by atoms with Crippen molar-refractivity contribution >= 4 is 11.6 Å². The van der Waals surface area contributed by atoms with Gasteiger partial charge in [-0.25, -0.2) is 5.43 Å². The number of nitrogens with one attached hydrogen (secondary N) is 1. The Kier molecular flexibility index (Phi) is 6.60. The lowest BCUT2D eigenvalue weighted by molar-refractivity contribution is -0.121. The van der Waals surface area contributed by atoms with E-state index in [2.05, 4.69) is 15.4 Å². The summed E-state index contributed by atoms with van der Waals surface area (Å²) in [4.78, 5) is 26.1. The molecule has 0 spiro atoms. The second-order valence-corrected chi connectivity index (χ2v) is 7.08. The normalized spacial score (nSPS) is 15.4. The molecule has 0 atom stereocenters. The lowest BCUT2D eigenvalue weighted by Crippen LogP contribution is -2.29. The molecule has 7 heteroatoms. The summed E-state index contributed by atoms with van der Waals surface area (Å²) >= 11 is 0. The van der Waals surface area contributed by atoms with Crippen LogP contribution in [0.1, 0.15) is 37.3 Å². The summed E-state index contributed by atoms with van der Waals surface area (Å²) in [6.45, 7) is 4.51. The van der Waals surface area contributed by atoms with Crippen molar-refractivity contribution in [1.29, 1.82) is 0 Å². The Balaban J connectivity index is 1.65. The van der Waals surface area contributed by atoms with Crippen molar-refractivity contribution in [3.63, 3.8) is 0 Å². The summed E-state index contributed by atoms with van der Waals surface area (Å²) in [7, 11) is 0. The third-order valence-corrected chi connectivity index (χ3v) is 4.90. The molecule has 1 fully saturated rings. The van der Waals surface area contributed by atoms with Gasteiger partial charge in [0.05, 0.1) is 5.71 Å². The molecule has 1 saturated heterocycles. The summed E-state index contributed by atoms with van der Waals surface area (Å²) in [6.07, 6.45) is 5.21. The molecular formula is C21H26N4O3. The molecule has 0 unspecified atom stereocenters. The number of rotatable bonds is 6. The number of nitrogens with zero attached hydrogens (tertiary/aromatic N) is 3. The van der Waals surface area contributed by atoms with Gasteiger partial charge in [-0.05, 0) is 62.7 Å². The van der Waals surface area contributed by atoms with Crippen molar-refractivity contribution in [3.05, 3.63) is 64.1 Å². The van der Waals surface area contributed by atoms with Gasteiger partial charge in [-0.1, -0.05) is 12.5 Å². The first-order valence-electron chi connectivity index (χ1n) is 9.56. The molecule has 28 heavy (non-hydrogen) atoms. The van der Waals surface area contributed by atoms with Crippen LogP contribution in [0.3, 0.4) is 0 Å². The van der Waals surface area contributed by atoms with Gasteiger partial charge in [-0.2, -0.15) is 5.10 Å². The number of hydrazone groups is 1. The van der Waals surface area contributed by atoms with Crippen LogP contribution in [0.4, 0.5) is 0 Å². The van der Waals surface area contributed by atoms with Crippen LogP contribution in [-0.2, 0) is 17.9 Å². The van der Waals surface area contributed by atoms with Gasteiger partial charge in [0.1, 0.15) is 12.3 Å². The highest BCUT2D eigenvalue weighted by Gasteiger charge is 2.13. The van der Waals surface area contributed by atoms with Crippen molar-refractivity contribution in [2.24, 2.45) is 5.10 Å². The Morgan fingerprint density at radius 3 is 2.71 bits per heavy atom. The molecule has 7 nitrogen and oxygen atoms in total. The number of likely N-dealkylation sites (tertiary alicyclic amines) is 1. The molecule has 2 N–H and O–H groups in total. The number of carbonyl (C=O) groups is 1. The molecule has 1 aromatic heterocycles. The molecule has 0 saturated carbocycles. The fourth-order valence-corrected chi connectivity index (χ4v) is 3.29. The van der Waals surface area contributed by atoms with Crippen LogP contribution in [0.5, 0.6) is 5.75 Å². The van der Waals surface area contributed by atoms with E-state index in [1.54, 1.807) is 37.4 Å². The first-order valence-corrected chi connectivity index (χ1v) is 9.56. The molecule has 2 heterocycles. The maximum absolute atomic E-state index is 12.1. The maximum atomic E-state index is 12.1. The van der Waals surface area contributed by atoms with Gasteiger partial charge < -0.3 is 9.67 Å². The van der Waals surface area contributed by atoms with E-state index in [9.17, 15) is 14.7 Å². The number of amides is 1. The summed E-state index contributed by atoms with van der Waals surface area (Å²) in [6, 6.07) is 10.1. The van der Waals surface area contributed by atoms with Crippen LogP contribution < -0.4 is 11.0 Å². The van der Waals surface area contributed by atoms with Crippen molar-refractivity contribution in [1.82, 2.24) is 14.9 Å². The smallest absolute Gasteiger partial charge is 0.260 e. The van der Waals surface area contributed by atoms with E-state index in [1.807, 2.05) is 6.07 Å². The molecular weight excluding hydrogens is 356 g/mol. The highest BCUT2D eigenvalue weighted by molar-refractivity contribution is 5.99. The molecule has 2 aromatic rings. The number of pyridine rings is 1. The lowest BCUT2D eigenvalue weighted by Gasteiger charge is -2.26. The molecule has 148 valence electrons. The Hall–Kier alpha value is -2.93. The zero-order chi connectivity index (χ0) is 19.9. The Bertz CT molecular complexity index is 914. The van der Waals surface area contributed by atoms with Crippen LogP contribution in [0.2, 0.25) is 0 Å². The fourth-order valence-electron chi connectivity index (χ4n) is 3.29. The number of hydrogen-bond donors (Lipinski definition) is 2. The van der Waals surface area contributed by atoms with E-state index in [1.165, 1.54) is 29.9 Å². The van der Waals surface area contributed by atoms with Crippen molar-refractivity contribution in [3.8, 4) is 5.75 Å². The number of piperidine rings is 1. The lowest BCUT2D eigenvalue weighted by atomic mass is 10.0. The number of phenols is 1. The largest absolute Gasteiger partial charge is 0.508 e. The minimum atomic E-state index is -0.375. The average molecular weight is 382 g/mol. The SMILES string of the molecule is C/C(=N\NC(=O)Cn1ccccc1=O)c1ccc(O)c(CN2CCCCC2)c1. The van der Waals surface area contributed by atoms with Gasteiger partial charge in [0, 0.05) is 24.4 Å². The molecule has 3 rings (SSSR count). The summed E-state index contributed by atoms with van der Waals surface area (Å²) < 4.78 is 1.32. The van der Waals surface area contributed by atoms with E-state index in [4.69, 9.17) is 0 Å². The zero-order valence-electron chi connectivity index (χ0n) is 16.1. The quantitative estimate of drug-likeness (QED) is 0.592. The average Bonchev–Trinajstić information content (AvgIpc) is 2.70. The number of hydrogen-bond acceptors (Lipinski definition) is 5. The van der Waals surface area contributed by atoms with E-state index in [0.717, 1.165) is 24.2 Å². The molecule has 1 aliphatic heterocycles. The summed E-state index contributed by atoms with van der Waals surface area (Å²) in [5, 5.41) is 14.3. The van der Waals surface area contributed by atoms with Crippen LogP contribution in [0.25, 0.3) is 0 Å². The molecule has 1 aromatic carbocycles. The van der Waals surface area contributed by atoms with Gasteiger partial charge in [0.25, 0.3) is 11.5 Å². The van der Waals surface area contributed by atoms with Crippen molar-refractivity contribution < 1.29 is 9.90 Å². The molecule has 0 bridgehead atoms. The first-order chi connectivity index (χ1) is 13.5. The Morgan fingerprint density at radius 1 is 1.18 bits per heavy atom. The van der Waals surface area contributed by atoms with Crippen molar-refractivity contribution in [2.45, 2.75) is 39.3 Å². The molecule has 0 aliphatic carbocycles. The monoisotopic (exact) mass is 382 g/mol. The predicted octanol–water partition coefficient (Wildman–Crippen LogP) is 2.08. The highest BCUT2D eigenvalue weighted by Crippen LogP contribution is 2.22. The summed E-state index contributed by atoms with van der Waals surface area (Å²) in [5.74, 6) is -0.102. The van der Waals surface area contributed by atoms with Crippen LogP contribution in [-0.4, -0.2) is 39.3 Å².